The topological polar surface area (TPSA) is 121 Å². The Kier molecular flexibility index (Phi) is 3.06. The van der Waals surface area contributed by atoms with Crippen molar-refractivity contribution in [3.8, 4) is 11.5 Å². The highest BCUT2D eigenvalue weighted by molar-refractivity contribution is 7.86. The Hall–Kier alpha value is -1.80. The summed E-state index contributed by atoms with van der Waals surface area (Å²) in [4.78, 5) is 9.88. The molecule has 0 radical (unpaired) electrons. The van der Waals surface area contributed by atoms with E-state index >= 15 is 0 Å². The molecule has 0 unspecified atom stereocenters. The zero-order valence-electron chi connectivity index (χ0n) is 8.04. The third kappa shape index (κ3) is 2.07. The highest BCUT2D eigenvalue weighted by atomic mass is 32.2. The van der Waals surface area contributed by atoms with Crippen LogP contribution in [-0.2, 0) is 10.1 Å². The summed E-state index contributed by atoms with van der Waals surface area (Å²) < 4.78 is 35.1. The Morgan fingerprint density at radius 3 is 2.31 bits per heavy atom. The van der Waals surface area contributed by atoms with Crippen molar-refractivity contribution in [2.45, 2.75) is 4.90 Å². The van der Waals surface area contributed by atoms with Crippen LogP contribution in [0.5, 0.6) is 11.5 Å². The Labute approximate surface area is 90.7 Å². The smallest absolute Gasteiger partial charge is 0.341 e. The lowest BCUT2D eigenvalue weighted by Gasteiger charge is -2.08. The van der Waals surface area contributed by atoms with Crippen LogP contribution in [0.4, 0.5) is 0 Å². The van der Waals surface area contributed by atoms with Gasteiger partial charge in [0.2, 0.25) is 0 Å². The van der Waals surface area contributed by atoms with Gasteiger partial charge in [0.15, 0.2) is 11.5 Å². The molecule has 0 heterocycles. The van der Waals surface area contributed by atoms with E-state index in [-0.39, 0.29) is 5.75 Å². The molecule has 0 saturated heterocycles. The summed E-state index contributed by atoms with van der Waals surface area (Å²) >= 11 is 0. The molecule has 1 aromatic rings. The number of carboxylic acid groups (broad SMARTS) is 1. The van der Waals surface area contributed by atoms with Gasteiger partial charge in [-0.3, -0.25) is 4.55 Å². The van der Waals surface area contributed by atoms with Crippen molar-refractivity contribution in [1.82, 2.24) is 0 Å². The second-order valence-electron chi connectivity index (χ2n) is 2.77. The number of benzene rings is 1. The molecule has 0 bridgehead atoms. The predicted molar refractivity (Wildman–Crippen MR) is 51.4 cm³/mol. The fraction of sp³-hybridized carbons (Fsp3) is 0.125. The van der Waals surface area contributed by atoms with Gasteiger partial charge >= 0.3 is 5.97 Å². The van der Waals surface area contributed by atoms with Crippen LogP contribution in [0.15, 0.2) is 17.0 Å². The molecular weight excluding hydrogens is 240 g/mol. The van der Waals surface area contributed by atoms with E-state index in [1.165, 1.54) is 7.11 Å². The summed E-state index contributed by atoms with van der Waals surface area (Å²) in [7, 11) is -3.55. The number of hydrogen-bond acceptors (Lipinski definition) is 5. The molecular formula is C8H8O7S. The van der Waals surface area contributed by atoms with Gasteiger partial charge in [-0.05, 0) is 12.1 Å². The van der Waals surface area contributed by atoms with Crippen LogP contribution in [0.1, 0.15) is 10.4 Å². The molecule has 88 valence electrons. The van der Waals surface area contributed by atoms with E-state index < -0.39 is 32.3 Å². The van der Waals surface area contributed by atoms with Crippen molar-refractivity contribution in [2.24, 2.45) is 0 Å². The molecule has 0 aromatic heterocycles. The third-order valence-corrected chi connectivity index (χ3v) is 2.71. The van der Waals surface area contributed by atoms with Gasteiger partial charge in [-0.2, -0.15) is 8.42 Å². The van der Waals surface area contributed by atoms with E-state index in [1.54, 1.807) is 0 Å². The maximum absolute atomic E-state index is 10.9. The molecule has 1 aromatic carbocycles. The maximum atomic E-state index is 10.9. The quantitative estimate of drug-likeness (QED) is 0.659. The van der Waals surface area contributed by atoms with Crippen LogP contribution in [-0.4, -0.2) is 36.3 Å². The third-order valence-electron chi connectivity index (χ3n) is 1.81. The molecule has 16 heavy (non-hydrogen) atoms. The standard InChI is InChI=1S/C8H8O7S/c1-15-4-2-3-5(16(12,13)14)6(7(4)9)8(10)11/h2-3,9H,1H3,(H,10,11)(H,12,13,14). The van der Waals surface area contributed by atoms with E-state index in [2.05, 4.69) is 4.74 Å². The molecule has 0 aliphatic heterocycles. The Balaban J connectivity index is 3.67. The Morgan fingerprint density at radius 1 is 1.38 bits per heavy atom. The van der Waals surface area contributed by atoms with Crippen molar-refractivity contribution < 1.29 is 32.7 Å². The number of carboxylic acids is 1. The fourth-order valence-corrected chi connectivity index (χ4v) is 1.82. The van der Waals surface area contributed by atoms with E-state index in [4.69, 9.17) is 9.66 Å². The Morgan fingerprint density at radius 2 is 1.94 bits per heavy atom. The second kappa shape index (κ2) is 3.99. The first-order valence-electron chi connectivity index (χ1n) is 3.89. The first-order valence-corrected chi connectivity index (χ1v) is 5.33. The van der Waals surface area contributed by atoms with Gasteiger partial charge in [-0.25, -0.2) is 4.79 Å². The van der Waals surface area contributed by atoms with Gasteiger partial charge in [0.25, 0.3) is 10.1 Å². The summed E-state index contributed by atoms with van der Waals surface area (Å²) in [6.45, 7) is 0. The monoisotopic (exact) mass is 248 g/mol. The number of aromatic carboxylic acids is 1. The van der Waals surface area contributed by atoms with Gasteiger partial charge in [-0.15, -0.1) is 0 Å². The summed E-state index contributed by atoms with van der Waals surface area (Å²) in [5.41, 5.74) is -0.929. The van der Waals surface area contributed by atoms with Crippen LogP contribution in [0, 0.1) is 0 Å². The van der Waals surface area contributed by atoms with Crippen LogP contribution in [0.25, 0.3) is 0 Å². The number of phenols is 1. The van der Waals surface area contributed by atoms with Crippen LogP contribution in [0.3, 0.4) is 0 Å². The van der Waals surface area contributed by atoms with Crippen molar-refractivity contribution in [1.29, 1.82) is 0 Å². The van der Waals surface area contributed by atoms with E-state index in [1.807, 2.05) is 0 Å². The SMILES string of the molecule is COc1ccc(S(=O)(=O)O)c(C(=O)O)c1O. The van der Waals surface area contributed by atoms with Crippen LogP contribution >= 0.6 is 0 Å². The number of ether oxygens (including phenoxy) is 1. The van der Waals surface area contributed by atoms with Gasteiger partial charge in [-0.1, -0.05) is 0 Å². The van der Waals surface area contributed by atoms with Crippen molar-refractivity contribution in [3.05, 3.63) is 17.7 Å². The number of rotatable bonds is 3. The summed E-state index contributed by atoms with van der Waals surface area (Å²) in [6.07, 6.45) is 0. The van der Waals surface area contributed by atoms with Crippen LogP contribution in [0.2, 0.25) is 0 Å². The molecule has 1 rings (SSSR count). The Bertz CT molecular complexity index is 532. The fourth-order valence-electron chi connectivity index (χ4n) is 1.14. The zero-order chi connectivity index (χ0) is 12.5. The average molecular weight is 248 g/mol. The van der Waals surface area contributed by atoms with Crippen molar-refractivity contribution in [2.75, 3.05) is 7.11 Å². The number of hydrogen-bond donors (Lipinski definition) is 3. The lowest BCUT2D eigenvalue weighted by molar-refractivity contribution is 0.0688. The van der Waals surface area contributed by atoms with Crippen molar-refractivity contribution >= 4 is 16.1 Å². The number of aromatic hydroxyl groups is 1. The van der Waals surface area contributed by atoms with E-state index in [0.29, 0.717) is 0 Å². The molecule has 0 atom stereocenters. The normalized spacial score (nSPS) is 11.1. The molecule has 8 heteroatoms. The maximum Gasteiger partial charge on any atom is 0.341 e. The molecule has 7 nitrogen and oxygen atoms in total. The van der Waals surface area contributed by atoms with Gasteiger partial charge in [0, 0.05) is 0 Å². The zero-order valence-corrected chi connectivity index (χ0v) is 8.85. The van der Waals surface area contributed by atoms with Gasteiger partial charge < -0.3 is 14.9 Å². The number of carbonyl (C=O) groups is 1. The first kappa shape index (κ1) is 12.3. The van der Waals surface area contributed by atoms with E-state index in [0.717, 1.165) is 12.1 Å². The lowest BCUT2D eigenvalue weighted by Crippen LogP contribution is -2.09. The van der Waals surface area contributed by atoms with Crippen LogP contribution < -0.4 is 4.74 Å². The minimum atomic E-state index is -4.72. The first-order chi connectivity index (χ1) is 7.29. The molecule has 0 aliphatic carbocycles. The summed E-state index contributed by atoms with van der Waals surface area (Å²) in [5.74, 6) is -2.75. The average Bonchev–Trinajstić information content (AvgIpc) is 2.15. The van der Waals surface area contributed by atoms with Gasteiger partial charge in [0.1, 0.15) is 10.5 Å². The molecule has 0 saturated carbocycles. The minimum absolute atomic E-state index is 0.204. The largest absolute Gasteiger partial charge is 0.504 e. The molecule has 0 fully saturated rings. The summed E-state index contributed by atoms with van der Waals surface area (Å²) in [6, 6.07) is 1.86. The van der Waals surface area contributed by atoms with Crippen molar-refractivity contribution in [3.63, 3.8) is 0 Å². The van der Waals surface area contributed by atoms with E-state index in [9.17, 15) is 18.3 Å². The number of methoxy groups -OCH3 is 1. The minimum Gasteiger partial charge on any atom is -0.504 e. The highest BCUT2D eigenvalue weighted by Gasteiger charge is 2.26. The lowest BCUT2D eigenvalue weighted by atomic mass is 10.2. The predicted octanol–water partition coefficient (Wildman–Crippen LogP) is 0.346. The molecule has 0 spiro atoms. The van der Waals surface area contributed by atoms with Gasteiger partial charge in [0.05, 0.1) is 7.11 Å². The molecule has 0 aliphatic rings. The highest BCUT2D eigenvalue weighted by Crippen LogP contribution is 2.34. The molecule has 0 amide bonds. The summed E-state index contributed by atoms with van der Waals surface area (Å²) in [5, 5.41) is 18.2. The second-order valence-corrected chi connectivity index (χ2v) is 4.16. The molecule has 3 N–H and O–H groups in total.